The number of thioether (sulfide) groups is 1. The van der Waals surface area contributed by atoms with Crippen molar-refractivity contribution >= 4 is 40.0 Å². The lowest BCUT2D eigenvalue weighted by Crippen LogP contribution is -2.25. The first-order valence-electron chi connectivity index (χ1n) is 7.96. The Balaban J connectivity index is 1.84. The van der Waals surface area contributed by atoms with Gasteiger partial charge in [0.25, 0.3) is 0 Å². The average molecular weight is 359 g/mol. The van der Waals surface area contributed by atoms with E-state index in [0.717, 1.165) is 10.9 Å². The number of ketones is 1. The molecule has 1 aliphatic rings. The largest absolute Gasteiger partial charge is 0.360 e. The number of nitrogens with one attached hydrogen (secondary N) is 1. The first-order valence-corrected chi connectivity index (χ1v) is 8.95. The second kappa shape index (κ2) is 6.54. The second-order valence-electron chi connectivity index (χ2n) is 5.72. The molecule has 0 unspecified atom stereocenters. The zero-order valence-corrected chi connectivity index (χ0v) is 14.4. The Morgan fingerprint density at radius 3 is 2.62 bits per heavy atom. The van der Waals surface area contributed by atoms with Crippen LogP contribution in [0.25, 0.3) is 10.9 Å². The molecule has 0 aliphatic carbocycles. The molecule has 4 rings (SSSR count). The molecule has 1 fully saturated rings. The molecule has 0 radical (unpaired) electrons. The molecule has 126 valence electrons. The molecule has 3 aromatic rings. The number of aromatic nitrogens is 1. The number of H-pyrrole nitrogens is 1. The van der Waals surface area contributed by atoms with Crippen LogP contribution in [0, 0.1) is 11.3 Å². The predicted molar refractivity (Wildman–Crippen MR) is 102 cm³/mol. The summed E-state index contributed by atoms with van der Waals surface area (Å²) in [6.07, 6.45) is 1.61. The number of carbonyl (C=O) groups is 2. The third-order valence-corrected chi connectivity index (χ3v) is 5.24. The van der Waals surface area contributed by atoms with Crippen molar-refractivity contribution in [2.75, 3.05) is 10.7 Å². The van der Waals surface area contributed by atoms with Crippen molar-refractivity contribution in [3.05, 3.63) is 77.0 Å². The fourth-order valence-electron chi connectivity index (χ4n) is 2.98. The number of hydrogen-bond acceptors (Lipinski definition) is 4. The van der Waals surface area contributed by atoms with E-state index in [1.807, 2.05) is 48.5 Å². The van der Waals surface area contributed by atoms with Gasteiger partial charge in [0.15, 0.2) is 0 Å². The van der Waals surface area contributed by atoms with E-state index in [1.54, 1.807) is 18.3 Å². The van der Waals surface area contributed by atoms with Crippen molar-refractivity contribution in [1.29, 1.82) is 5.26 Å². The van der Waals surface area contributed by atoms with Gasteiger partial charge in [-0.3, -0.25) is 14.5 Å². The fourth-order valence-corrected chi connectivity index (χ4v) is 3.99. The van der Waals surface area contributed by atoms with Crippen LogP contribution < -0.4 is 4.90 Å². The Morgan fingerprint density at radius 1 is 1.12 bits per heavy atom. The van der Waals surface area contributed by atoms with Gasteiger partial charge < -0.3 is 4.98 Å². The highest BCUT2D eigenvalue weighted by molar-refractivity contribution is 8.04. The summed E-state index contributed by atoms with van der Waals surface area (Å²) in [4.78, 5) is 29.9. The van der Waals surface area contributed by atoms with E-state index >= 15 is 0 Å². The summed E-state index contributed by atoms with van der Waals surface area (Å²) in [6.45, 7) is 0. The third-order valence-electron chi connectivity index (χ3n) is 4.19. The number of nitriles is 1. The average Bonchev–Trinajstić information content (AvgIpc) is 3.27. The monoisotopic (exact) mass is 359 g/mol. The molecule has 1 amide bonds. The maximum atomic E-state index is 13.1. The zero-order chi connectivity index (χ0) is 18.1. The van der Waals surface area contributed by atoms with Gasteiger partial charge in [-0.25, -0.2) is 0 Å². The van der Waals surface area contributed by atoms with Crippen LogP contribution in [0.4, 0.5) is 5.69 Å². The van der Waals surface area contributed by atoms with Gasteiger partial charge >= 0.3 is 0 Å². The number of fused-ring (bicyclic) bond motifs is 1. The highest BCUT2D eigenvalue weighted by atomic mass is 32.2. The molecule has 1 aromatic heterocycles. The topological polar surface area (TPSA) is 77.0 Å². The van der Waals surface area contributed by atoms with Gasteiger partial charge in [-0.1, -0.05) is 48.2 Å². The van der Waals surface area contributed by atoms with E-state index in [-0.39, 0.29) is 23.0 Å². The summed E-state index contributed by atoms with van der Waals surface area (Å²) in [5.74, 6) is -0.324. The summed E-state index contributed by atoms with van der Waals surface area (Å²) in [5, 5.41) is 10.8. The number of anilines is 1. The number of aromatic amines is 1. The minimum absolute atomic E-state index is 0.0190. The molecule has 0 bridgehead atoms. The molecule has 2 heterocycles. The molecule has 1 saturated heterocycles. The summed E-state index contributed by atoms with van der Waals surface area (Å²) < 4.78 is 0. The Bertz CT molecular complexity index is 1090. The molecule has 26 heavy (non-hydrogen) atoms. The lowest BCUT2D eigenvalue weighted by atomic mass is 10.0. The Hall–Kier alpha value is -3.30. The Labute approximate surface area is 153 Å². The fraction of sp³-hybridized carbons (Fsp3) is 0.0500. The molecule has 6 heteroatoms. The first-order chi connectivity index (χ1) is 12.7. The van der Waals surface area contributed by atoms with Crippen LogP contribution in [0.2, 0.25) is 0 Å². The molecule has 2 aromatic carbocycles. The van der Waals surface area contributed by atoms with Crippen LogP contribution in [0.1, 0.15) is 10.4 Å². The van der Waals surface area contributed by atoms with Crippen LogP contribution in [0.5, 0.6) is 0 Å². The number of nitrogens with zero attached hydrogens (tertiary/aromatic N) is 2. The maximum absolute atomic E-state index is 13.1. The summed E-state index contributed by atoms with van der Waals surface area (Å²) in [5.41, 5.74) is 1.89. The number of allylic oxidation sites excluding steroid dienone is 1. The second-order valence-corrected chi connectivity index (χ2v) is 6.69. The van der Waals surface area contributed by atoms with Crippen molar-refractivity contribution in [2.24, 2.45) is 0 Å². The van der Waals surface area contributed by atoms with E-state index in [9.17, 15) is 14.9 Å². The van der Waals surface area contributed by atoms with Gasteiger partial charge in [0.1, 0.15) is 16.7 Å². The molecular formula is C20H13N3O2S. The van der Waals surface area contributed by atoms with Crippen LogP contribution in [-0.4, -0.2) is 22.4 Å². The maximum Gasteiger partial charge on any atom is 0.242 e. The molecule has 1 aliphatic heterocycles. The SMILES string of the molecule is N#C/C(C(=O)c1c[nH]c2ccccc12)=C1/SCC(=O)N1c1ccccc1. The molecule has 0 saturated carbocycles. The lowest BCUT2D eigenvalue weighted by Gasteiger charge is -2.18. The molecule has 1 N–H and O–H groups in total. The number of hydrogen-bond donors (Lipinski definition) is 1. The summed E-state index contributed by atoms with van der Waals surface area (Å²) >= 11 is 1.22. The van der Waals surface area contributed by atoms with E-state index in [2.05, 4.69) is 4.98 Å². The van der Waals surface area contributed by atoms with Gasteiger partial charge in [-0.05, 0) is 18.2 Å². The number of benzene rings is 2. The highest BCUT2D eigenvalue weighted by Crippen LogP contribution is 2.37. The van der Waals surface area contributed by atoms with Gasteiger partial charge in [-0.2, -0.15) is 5.26 Å². The van der Waals surface area contributed by atoms with Crippen LogP contribution in [-0.2, 0) is 4.79 Å². The molecular weight excluding hydrogens is 346 g/mol. The van der Waals surface area contributed by atoms with Gasteiger partial charge in [-0.15, -0.1) is 0 Å². The number of para-hydroxylation sites is 2. The normalized spacial score (nSPS) is 16.0. The Kier molecular flexibility index (Phi) is 4.07. The van der Waals surface area contributed by atoms with Crippen molar-refractivity contribution in [2.45, 2.75) is 0 Å². The van der Waals surface area contributed by atoms with Crippen LogP contribution in [0.3, 0.4) is 0 Å². The van der Waals surface area contributed by atoms with Crippen LogP contribution >= 0.6 is 11.8 Å². The third kappa shape index (κ3) is 2.59. The van der Waals surface area contributed by atoms with Gasteiger partial charge in [0.05, 0.1) is 5.75 Å². The highest BCUT2D eigenvalue weighted by Gasteiger charge is 2.33. The van der Waals surface area contributed by atoms with Crippen molar-refractivity contribution in [3.63, 3.8) is 0 Å². The zero-order valence-electron chi connectivity index (χ0n) is 13.6. The number of Topliss-reactive ketones (excluding diaryl/α,β-unsaturated/α-hetero) is 1. The first kappa shape index (κ1) is 16.2. The summed E-state index contributed by atoms with van der Waals surface area (Å²) in [7, 11) is 0. The molecule has 0 spiro atoms. The standard InChI is InChI=1S/C20H13N3O2S/c21-10-15(19(25)16-11-22-17-9-5-4-8-14(16)17)20-23(18(24)12-26-20)13-6-2-1-3-7-13/h1-9,11,22H,12H2/b20-15-. The van der Waals surface area contributed by atoms with Crippen LogP contribution in [0.15, 0.2) is 71.4 Å². The number of rotatable bonds is 3. The minimum atomic E-state index is -0.386. The van der Waals surface area contributed by atoms with E-state index in [1.165, 1.54) is 16.7 Å². The van der Waals surface area contributed by atoms with Gasteiger partial charge in [0, 0.05) is 28.4 Å². The van der Waals surface area contributed by atoms with Crippen molar-refractivity contribution in [1.82, 2.24) is 4.98 Å². The summed E-state index contributed by atoms with van der Waals surface area (Å²) in [6, 6.07) is 18.5. The van der Waals surface area contributed by atoms with E-state index in [0.29, 0.717) is 16.3 Å². The predicted octanol–water partition coefficient (Wildman–Crippen LogP) is 3.87. The van der Waals surface area contributed by atoms with Crippen molar-refractivity contribution in [3.8, 4) is 6.07 Å². The van der Waals surface area contributed by atoms with E-state index in [4.69, 9.17) is 0 Å². The quantitative estimate of drug-likeness (QED) is 0.437. The van der Waals surface area contributed by atoms with E-state index < -0.39 is 0 Å². The minimum Gasteiger partial charge on any atom is -0.360 e. The van der Waals surface area contributed by atoms with Gasteiger partial charge in [0.2, 0.25) is 11.7 Å². The lowest BCUT2D eigenvalue weighted by molar-refractivity contribution is -0.115. The molecule has 0 atom stereocenters. The van der Waals surface area contributed by atoms with Crippen molar-refractivity contribution < 1.29 is 9.59 Å². The number of amides is 1. The molecule has 5 nitrogen and oxygen atoms in total. The number of carbonyl (C=O) groups excluding carboxylic acids is 2. The smallest absolute Gasteiger partial charge is 0.242 e. The Morgan fingerprint density at radius 2 is 1.85 bits per heavy atom.